The van der Waals surface area contributed by atoms with Crippen LogP contribution in [-0.4, -0.2) is 24.5 Å². The van der Waals surface area contributed by atoms with Crippen LogP contribution in [0.3, 0.4) is 0 Å². The van der Waals surface area contributed by atoms with Gasteiger partial charge in [-0.25, -0.2) is 4.79 Å². The number of carbonyl (C=O) groups excluding carboxylic acids is 1. The third kappa shape index (κ3) is 6.89. The van der Waals surface area contributed by atoms with Crippen molar-refractivity contribution in [1.29, 1.82) is 0 Å². The summed E-state index contributed by atoms with van der Waals surface area (Å²) in [6.45, 7) is 0.702. The summed E-state index contributed by atoms with van der Waals surface area (Å²) < 4.78 is 5.41. The van der Waals surface area contributed by atoms with E-state index in [0.29, 0.717) is 6.54 Å². The second-order valence-electron chi connectivity index (χ2n) is 5.48. The van der Waals surface area contributed by atoms with E-state index < -0.39 is 0 Å². The number of hydrogen-bond acceptors (Lipinski definition) is 3. The van der Waals surface area contributed by atoms with E-state index in [-0.39, 0.29) is 12.2 Å². The Balaban J connectivity index is 1.46. The number of amides is 1. The lowest BCUT2D eigenvalue weighted by Gasteiger charge is -2.21. The van der Waals surface area contributed by atoms with Crippen molar-refractivity contribution in [1.82, 2.24) is 5.32 Å². The van der Waals surface area contributed by atoms with Gasteiger partial charge in [-0.05, 0) is 43.4 Å². The fraction of sp³-hybridized carbons (Fsp3) is 0.588. The van der Waals surface area contributed by atoms with Crippen LogP contribution in [0, 0.1) is 0 Å². The van der Waals surface area contributed by atoms with E-state index >= 15 is 0 Å². The number of ether oxygens (including phenoxy) is 1. The maximum Gasteiger partial charge on any atom is 0.407 e. The smallest absolute Gasteiger partial charge is 0.407 e. The van der Waals surface area contributed by atoms with E-state index in [1.54, 1.807) is 0 Å². The molecule has 116 valence electrons. The number of hydrogen-bond donors (Lipinski definition) is 1. The Morgan fingerprint density at radius 2 is 1.95 bits per heavy atom. The van der Waals surface area contributed by atoms with E-state index in [0.717, 1.165) is 30.8 Å². The van der Waals surface area contributed by atoms with Gasteiger partial charge in [0.15, 0.2) is 0 Å². The van der Waals surface area contributed by atoms with Crippen molar-refractivity contribution < 1.29 is 9.53 Å². The first-order valence-electron chi connectivity index (χ1n) is 7.91. The van der Waals surface area contributed by atoms with Crippen molar-refractivity contribution in [3.05, 3.63) is 35.9 Å². The van der Waals surface area contributed by atoms with Crippen LogP contribution < -0.4 is 5.32 Å². The Kier molecular flexibility index (Phi) is 7.50. The maximum absolute atomic E-state index is 11.6. The van der Waals surface area contributed by atoms with Crippen LogP contribution in [0.15, 0.2) is 30.3 Å². The number of benzene rings is 1. The van der Waals surface area contributed by atoms with Gasteiger partial charge in [-0.3, -0.25) is 0 Å². The van der Waals surface area contributed by atoms with Gasteiger partial charge in [-0.1, -0.05) is 36.8 Å². The van der Waals surface area contributed by atoms with E-state index in [1.807, 2.05) is 17.8 Å². The summed E-state index contributed by atoms with van der Waals surface area (Å²) in [6.07, 6.45) is 6.60. The van der Waals surface area contributed by atoms with Crippen molar-refractivity contribution in [2.45, 2.75) is 50.4 Å². The summed E-state index contributed by atoms with van der Waals surface area (Å²) >= 11 is 1.90. The second-order valence-corrected chi connectivity index (χ2v) is 6.59. The molecule has 1 aromatic carbocycles. The number of thioether (sulfide) groups is 1. The number of carbonyl (C=O) groups is 1. The largest absolute Gasteiger partial charge is 0.446 e. The monoisotopic (exact) mass is 307 g/mol. The first-order chi connectivity index (χ1) is 10.3. The summed E-state index contributed by atoms with van der Waals surface area (Å²) in [5.41, 5.74) is 1.35. The zero-order valence-corrected chi connectivity index (χ0v) is 13.4. The van der Waals surface area contributed by atoms with Gasteiger partial charge in [0.2, 0.25) is 0 Å². The predicted molar refractivity (Wildman–Crippen MR) is 88.6 cm³/mol. The van der Waals surface area contributed by atoms with Crippen molar-refractivity contribution in [3.8, 4) is 0 Å². The fourth-order valence-corrected chi connectivity index (χ4v) is 3.43. The molecule has 1 aromatic rings. The SMILES string of the molecule is O=C(NCCCSCc1ccccc1)OC1CCCCC1. The minimum Gasteiger partial charge on any atom is -0.446 e. The van der Waals surface area contributed by atoms with Crippen LogP contribution >= 0.6 is 11.8 Å². The molecule has 1 aliphatic rings. The van der Waals surface area contributed by atoms with Crippen molar-refractivity contribution in [2.24, 2.45) is 0 Å². The Morgan fingerprint density at radius 3 is 2.71 bits per heavy atom. The number of nitrogens with one attached hydrogen (secondary N) is 1. The van der Waals surface area contributed by atoms with Crippen LogP contribution in [0.25, 0.3) is 0 Å². The number of rotatable bonds is 7. The van der Waals surface area contributed by atoms with E-state index in [4.69, 9.17) is 4.74 Å². The molecular formula is C17H25NO2S. The molecule has 4 heteroatoms. The van der Waals surface area contributed by atoms with Crippen LogP contribution in [0.2, 0.25) is 0 Å². The molecule has 1 saturated carbocycles. The molecule has 0 aromatic heterocycles. The molecule has 3 nitrogen and oxygen atoms in total. The Labute approximate surface area is 131 Å². The zero-order valence-electron chi connectivity index (χ0n) is 12.6. The average Bonchev–Trinajstić information content (AvgIpc) is 2.53. The standard InChI is InChI=1S/C17H25NO2S/c19-17(20-16-10-5-2-6-11-16)18-12-7-13-21-14-15-8-3-1-4-9-15/h1,3-4,8-9,16H,2,5-7,10-14H2,(H,18,19). The quantitative estimate of drug-likeness (QED) is 0.760. The minimum atomic E-state index is -0.241. The predicted octanol–water partition coefficient (Wildman–Crippen LogP) is 4.37. The molecule has 2 rings (SSSR count). The normalized spacial score (nSPS) is 15.6. The molecule has 1 fully saturated rings. The molecule has 0 bridgehead atoms. The first-order valence-corrected chi connectivity index (χ1v) is 9.06. The van der Waals surface area contributed by atoms with Crippen LogP contribution in [-0.2, 0) is 10.5 Å². The molecule has 0 unspecified atom stereocenters. The molecule has 0 atom stereocenters. The summed E-state index contributed by atoms with van der Waals surface area (Å²) in [6, 6.07) is 10.5. The third-order valence-electron chi connectivity index (χ3n) is 3.67. The highest BCUT2D eigenvalue weighted by Gasteiger charge is 2.16. The summed E-state index contributed by atoms with van der Waals surface area (Å²) in [5, 5.41) is 2.85. The minimum absolute atomic E-state index is 0.145. The molecule has 1 N–H and O–H groups in total. The summed E-state index contributed by atoms with van der Waals surface area (Å²) in [4.78, 5) is 11.6. The molecule has 0 saturated heterocycles. The van der Waals surface area contributed by atoms with E-state index in [1.165, 1.54) is 24.8 Å². The Morgan fingerprint density at radius 1 is 1.19 bits per heavy atom. The van der Waals surface area contributed by atoms with Gasteiger partial charge in [0, 0.05) is 12.3 Å². The zero-order chi connectivity index (χ0) is 14.8. The molecule has 0 radical (unpaired) electrons. The maximum atomic E-state index is 11.6. The number of alkyl carbamates (subject to hydrolysis) is 1. The Hall–Kier alpha value is -1.16. The van der Waals surface area contributed by atoms with Gasteiger partial charge >= 0.3 is 6.09 Å². The molecule has 0 spiro atoms. The van der Waals surface area contributed by atoms with Crippen molar-refractivity contribution in [3.63, 3.8) is 0 Å². The highest BCUT2D eigenvalue weighted by atomic mass is 32.2. The van der Waals surface area contributed by atoms with Gasteiger partial charge < -0.3 is 10.1 Å². The average molecular weight is 307 g/mol. The van der Waals surface area contributed by atoms with Gasteiger partial charge in [-0.15, -0.1) is 0 Å². The molecule has 0 aliphatic heterocycles. The fourth-order valence-electron chi connectivity index (χ4n) is 2.50. The summed E-state index contributed by atoms with van der Waals surface area (Å²) in [7, 11) is 0. The van der Waals surface area contributed by atoms with Gasteiger partial charge in [0.25, 0.3) is 0 Å². The lowest BCUT2D eigenvalue weighted by atomic mass is 9.98. The van der Waals surface area contributed by atoms with Crippen LogP contribution in [0.1, 0.15) is 44.1 Å². The van der Waals surface area contributed by atoms with Crippen molar-refractivity contribution >= 4 is 17.9 Å². The molecule has 21 heavy (non-hydrogen) atoms. The van der Waals surface area contributed by atoms with Crippen molar-refractivity contribution in [2.75, 3.05) is 12.3 Å². The van der Waals surface area contributed by atoms with Gasteiger partial charge in [0.1, 0.15) is 6.10 Å². The first kappa shape index (κ1) is 16.2. The highest BCUT2D eigenvalue weighted by Crippen LogP contribution is 2.20. The highest BCUT2D eigenvalue weighted by molar-refractivity contribution is 7.98. The molecular weight excluding hydrogens is 282 g/mol. The van der Waals surface area contributed by atoms with E-state index in [2.05, 4.69) is 29.6 Å². The molecule has 1 amide bonds. The molecule has 1 aliphatic carbocycles. The van der Waals surface area contributed by atoms with Crippen LogP contribution in [0.4, 0.5) is 4.79 Å². The Bertz CT molecular complexity index is 405. The topological polar surface area (TPSA) is 38.3 Å². The van der Waals surface area contributed by atoms with Gasteiger partial charge in [-0.2, -0.15) is 11.8 Å². The lowest BCUT2D eigenvalue weighted by molar-refractivity contribution is 0.0754. The third-order valence-corrected chi connectivity index (χ3v) is 4.79. The van der Waals surface area contributed by atoms with E-state index in [9.17, 15) is 4.79 Å². The lowest BCUT2D eigenvalue weighted by Crippen LogP contribution is -2.30. The van der Waals surface area contributed by atoms with Crippen LogP contribution in [0.5, 0.6) is 0 Å². The second kappa shape index (κ2) is 9.72. The summed E-state index contributed by atoms with van der Waals surface area (Å²) in [5.74, 6) is 2.09. The molecule has 0 heterocycles. The van der Waals surface area contributed by atoms with Gasteiger partial charge in [0.05, 0.1) is 0 Å².